The van der Waals surface area contributed by atoms with Crippen LogP contribution in [0.25, 0.3) is 11.3 Å². The monoisotopic (exact) mass is 376 g/mol. The molecule has 1 amide bonds. The van der Waals surface area contributed by atoms with Crippen molar-refractivity contribution in [3.05, 3.63) is 75.8 Å². The Kier molecular flexibility index (Phi) is 4.86. The van der Waals surface area contributed by atoms with Gasteiger partial charge in [-0.15, -0.1) is 0 Å². The lowest BCUT2D eigenvalue weighted by Crippen LogP contribution is -2.34. The van der Waals surface area contributed by atoms with Gasteiger partial charge in [0.15, 0.2) is 0 Å². The average Bonchev–Trinajstić information content (AvgIpc) is 2.89. The van der Waals surface area contributed by atoms with Gasteiger partial charge in [-0.05, 0) is 19.4 Å². The molecule has 28 heavy (non-hydrogen) atoms. The molecule has 144 valence electrons. The summed E-state index contributed by atoms with van der Waals surface area (Å²) in [5.74, 6) is -0.0869. The molecule has 0 fully saturated rings. The van der Waals surface area contributed by atoms with Crippen LogP contribution in [-0.2, 0) is 26.4 Å². The molecule has 0 saturated heterocycles. The van der Waals surface area contributed by atoms with Crippen molar-refractivity contribution >= 4 is 5.91 Å². The average molecular weight is 376 g/mol. The number of aryl methyl sites for hydroxylation is 2. The van der Waals surface area contributed by atoms with E-state index in [1.165, 1.54) is 11.6 Å². The van der Waals surface area contributed by atoms with Crippen molar-refractivity contribution in [3.63, 3.8) is 0 Å². The van der Waals surface area contributed by atoms with Crippen molar-refractivity contribution < 1.29 is 4.79 Å². The molecule has 0 spiro atoms. The predicted molar refractivity (Wildman–Crippen MR) is 108 cm³/mol. The van der Waals surface area contributed by atoms with E-state index < -0.39 is 0 Å². The Morgan fingerprint density at radius 1 is 1.11 bits per heavy atom. The lowest BCUT2D eigenvalue weighted by Gasteiger charge is -2.20. The molecule has 2 aromatic heterocycles. The standard InChI is InChI=1S/C22H24N4O2/c1-3-25-12-9-17(15-20(25)27)22(28)26-13-10-18-19(11-14-26)23-24(2)21(18)16-7-5-4-6-8-16/h4-9,12,15H,3,10-11,13-14H2,1-2H3. The van der Waals surface area contributed by atoms with E-state index in [0.29, 0.717) is 31.6 Å². The molecule has 0 saturated carbocycles. The molecule has 6 nitrogen and oxygen atoms in total. The number of rotatable bonds is 3. The molecule has 0 aliphatic carbocycles. The smallest absolute Gasteiger partial charge is 0.254 e. The maximum Gasteiger partial charge on any atom is 0.254 e. The highest BCUT2D eigenvalue weighted by molar-refractivity contribution is 5.94. The minimum Gasteiger partial charge on any atom is -0.338 e. The quantitative estimate of drug-likeness (QED) is 0.706. The van der Waals surface area contributed by atoms with E-state index in [4.69, 9.17) is 5.10 Å². The van der Waals surface area contributed by atoms with Crippen LogP contribution < -0.4 is 5.56 Å². The maximum absolute atomic E-state index is 13.0. The fraction of sp³-hybridized carbons (Fsp3) is 0.318. The Balaban J connectivity index is 1.59. The Labute approximate surface area is 164 Å². The summed E-state index contributed by atoms with van der Waals surface area (Å²) in [6.07, 6.45) is 3.16. The van der Waals surface area contributed by atoms with E-state index in [9.17, 15) is 9.59 Å². The normalized spacial score (nSPS) is 13.9. The van der Waals surface area contributed by atoms with Gasteiger partial charge in [0.25, 0.3) is 11.5 Å². The molecule has 6 heteroatoms. The molecular weight excluding hydrogens is 352 g/mol. The number of amides is 1. The number of pyridine rings is 1. The lowest BCUT2D eigenvalue weighted by molar-refractivity contribution is 0.0762. The van der Waals surface area contributed by atoms with E-state index in [1.54, 1.807) is 16.8 Å². The van der Waals surface area contributed by atoms with E-state index >= 15 is 0 Å². The van der Waals surface area contributed by atoms with Gasteiger partial charge in [0.1, 0.15) is 0 Å². The van der Waals surface area contributed by atoms with Crippen molar-refractivity contribution in [1.82, 2.24) is 19.2 Å². The number of hydrogen-bond acceptors (Lipinski definition) is 3. The SMILES string of the molecule is CCn1ccc(C(=O)N2CCc3nn(C)c(-c4ccccc4)c3CC2)cc1=O. The van der Waals surface area contributed by atoms with Gasteiger partial charge in [-0.1, -0.05) is 30.3 Å². The predicted octanol–water partition coefficient (Wildman–Crippen LogP) is 2.51. The number of carbonyl (C=O) groups is 1. The number of aromatic nitrogens is 3. The first kappa shape index (κ1) is 18.2. The first-order valence-corrected chi connectivity index (χ1v) is 9.68. The highest BCUT2D eigenvalue weighted by atomic mass is 16.2. The van der Waals surface area contributed by atoms with Gasteiger partial charge < -0.3 is 9.47 Å². The zero-order valence-corrected chi connectivity index (χ0v) is 16.3. The number of nitrogens with zero attached hydrogens (tertiary/aromatic N) is 4. The number of hydrogen-bond donors (Lipinski definition) is 0. The first-order chi connectivity index (χ1) is 13.6. The van der Waals surface area contributed by atoms with E-state index in [0.717, 1.165) is 23.4 Å². The van der Waals surface area contributed by atoms with Crippen molar-refractivity contribution in [3.8, 4) is 11.3 Å². The van der Waals surface area contributed by atoms with Gasteiger partial charge in [-0.2, -0.15) is 5.10 Å². The Bertz CT molecular complexity index is 1070. The van der Waals surface area contributed by atoms with Crippen LogP contribution >= 0.6 is 0 Å². The zero-order valence-electron chi connectivity index (χ0n) is 16.3. The van der Waals surface area contributed by atoms with Crippen molar-refractivity contribution in [2.24, 2.45) is 7.05 Å². The van der Waals surface area contributed by atoms with Gasteiger partial charge in [0.05, 0.1) is 11.4 Å². The van der Waals surface area contributed by atoms with Crippen LogP contribution in [0.15, 0.2) is 53.5 Å². The fourth-order valence-electron chi connectivity index (χ4n) is 3.93. The lowest BCUT2D eigenvalue weighted by atomic mass is 10.0. The van der Waals surface area contributed by atoms with E-state index in [-0.39, 0.29) is 11.5 Å². The van der Waals surface area contributed by atoms with Crippen LogP contribution in [0.4, 0.5) is 0 Å². The minimum absolute atomic E-state index is 0.0869. The van der Waals surface area contributed by atoms with Crippen LogP contribution in [0.2, 0.25) is 0 Å². The molecule has 0 unspecified atom stereocenters. The van der Waals surface area contributed by atoms with Crippen LogP contribution in [0.3, 0.4) is 0 Å². The van der Waals surface area contributed by atoms with Crippen LogP contribution in [0.1, 0.15) is 28.5 Å². The van der Waals surface area contributed by atoms with Crippen molar-refractivity contribution in [2.75, 3.05) is 13.1 Å². The molecule has 0 N–H and O–H groups in total. The molecule has 1 aromatic carbocycles. The third-order valence-corrected chi connectivity index (χ3v) is 5.40. The third kappa shape index (κ3) is 3.26. The van der Waals surface area contributed by atoms with Crippen molar-refractivity contribution in [2.45, 2.75) is 26.3 Å². The largest absolute Gasteiger partial charge is 0.338 e. The number of carbonyl (C=O) groups excluding carboxylic acids is 1. The fourth-order valence-corrected chi connectivity index (χ4v) is 3.93. The van der Waals surface area contributed by atoms with Crippen molar-refractivity contribution in [1.29, 1.82) is 0 Å². The van der Waals surface area contributed by atoms with Crippen LogP contribution in [-0.4, -0.2) is 38.2 Å². The molecule has 0 atom stereocenters. The van der Waals surface area contributed by atoms with Gasteiger partial charge in [-0.3, -0.25) is 14.3 Å². The second-order valence-corrected chi connectivity index (χ2v) is 7.10. The minimum atomic E-state index is -0.139. The molecule has 3 aromatic rings. The summed E-state index contributed by atoms with van der Waals surface area (Å²) < 4.78 is 3.53. The summed E-state index contributed by atoms with van der Waals surface area (Å²) in [7, 11) is 1.97. The van der Waals surface area contributed by atoms with Gasteiger partial charge in [0.2, 0.25) is 0 Å². The van der Waals surface area contributed by atoms with E-state index in [2.05, 4.69) is 12.1 Å². The second-order valence-electron chi connectivity index (χ2n) is 7.10. The van der Waals surface area contributed by atoms with E-state index in [1.807, 2.05) is 41.8 Å². The van der Waals surface area contributed by atoms with Gasteiger partial charge >= 0.3 is 0 Å². The Morgan fingerprint density at radius 3 is 2.57 bits per heavy atom. The second kappa shape index (κ2) is 7.46. The molecular formula is C22H24N4O2. The number of fused-ring (bicyclic) bond motifs is 1. The summed E-state index contributed by atoms with van der Waals surface area (Å²) in [4.78, 5) is 26.9. The molecule has 4 rings (SSSR count). The summed E-state index contributed by atoms with van der Waals surface area (Å²) in [5.41, 5.74) is 4.85. The first-order valence-electron chi connectivity index (χ1n) is 9.68. The third-order valence-electron chi connectivity index (χ3n) is 5.40. The molecule has 0 bridgehead atoms. The highest BCUT2D eigenvalue weighted by Gasteiger charge is 2.25. The Morgan fingerprint density at radius 2 is 1.86 bits per heavy atom. The van der Waals surface area contributed by atoms with Crippen LogP contribution in [0, 0.1) is 0 Å². The Hall–Kier alpha value is -3.15. The summed E-state index contributed by atoms with van der Waals surface area (Å²) in [5, 5.41) is 4.72. The van der Waals surface area contributed by atoms with Crippen LogP contribution in [0.5, 0.6) is 0 Å². The molecule has 1 aliphatic heterocycles. The highest BCUT2D eigenvalue weighted by Crippen LogP contribution is 2.28. The summed E-state index contributed by atoms with van der Waals surface area (Å²) in [6.45, 7) is 3.73. The summed E-state index contributed by atoms with van der Waals surface area (Å²) in [6, 6.07) is 13.4. The summed E-state index contributed by atoms with van der Waals surface area (Å²) >= 11 is 0. The number of benzene rings is 1. The van der Waals surface area contributed by atoms with Gasteiger partial charge in [0, 0.05) is 62.1 Å². The van der Waals surface area contributed by atoms with Gasteiger partial charge in [-0.25, -0.2) is 0 Å². The maximum atomic E-state index is 13.0. The molecule has 1 aliphatic rings. The zero-order chi connectivity index (χ0) is 19.7. The topological polar surface area (TPSA) is 60.1 Å². The molecule has 0 radical (unpaired) electrons. The molecule has 3 heterocycles.